The fraction of sp³-hybridized carbons (Fsp3) is 0.0278. The number of ether oxygens (including phenoxy) is 1. The fourth-order valence-electron chi connectivity index (χ4n) is 14.8. The lowest BCUT2D eigenvalue weighted by molar-refractivity contribution is 0.435. The van der Waals surface area contributed by atoms with E-state index in [1.54, 1.807) is 0 Å². The Labute approximate surface area is 443 Å². The van der Waals surface area contributed by atoms with Gasteiger partial charge in [-0.05, 0) is 122 Å². The van der Waals surface area contributed by atoms with Crippen molar-refractivity contribution in [1.29, 1.82) is 0 Å². The molecule has 4 aliphatic rings. The van der Waals surface area contributed by atoms with Crippen molar-refractivity contribution in [2.45, 2.75) is 10.8 Å². The maximum absolute atomic E-state index is 7.29. The topological polar surface area (TPSA) is 44.9 Å². The lowest BCUT2D eigenvalue weighted by atomic mass is 9.65. The summed E-state index contributed by atoms with van der Waals surface area (Å²) in [5.74, 6) is 1.67. The van der Waals surface area contributed by atoms with Crippen LogP contribution >= 0.6 is 0 Å². The second kappa shape index (κ2) is 14.8. The van der Waals surface area contributed by atoms with Crippen molar-refractivity contribution in [3.63, 3.8) is 0 Å². The molecule has 4 aromatic heterocycles. The number of benzene rings is 10. The Hall–Kier alpha value is -10.1. The first-order valence-corrected chi connectivity index (χ1v) is 26.5. The zero-order valence-corrected chi connectivity index (χ0v) is 41.4. The van der Waals surface area contributed by atoms with Gasteiger partial charge in [0, 0.05) is 55.7 Å². The summed E-state index contributed by atoms with van der Waals surface area (Å²) in [6, 6.07) is 89.3. The van der Waals surface area contributed by atoms with Crippen LogP contribution in [0, 0.1) is 0 Å². The van der Waals surface area contributed by atoms with Crippen molar-refractivity contribution >= 4 is 43.6 Å². The van der Waals surface area contributed by atoms with Crippen LogP contribution in [0.1, 0.15) is 44.5 Å². The van der Waals surface area contributed by atoms with E-state index in [1.807, 2.05) is 6.20 Å². The number of hydrogen-bond donors (Lipinski definition) is 0. The molecule has 14 aromatic rings. The van der Waals surface area contributed by atoms with Crippen LogP contribution in [-0.2, 0) is 10.8 Å². The predicted molar refractivity (Wildman–Crippen MR) is 310 cm³/mol. The van der Waals surface area contributed by atoms with Crippen LogP contribution in [-0.4, -0.2) is 19.1 Å². The molecule has 0 saturated carbocycles. The number of pyridine rings is 2. The van der Waals surface area contributed by atoms with Gasteiger partial charge in [-0.3, -0.25) is 9.97 Å². The van der Waals surface area contributed by atoms with Gasteiger partial charge in [-0.15, -0.1) is 0 Å². The van der Waals surface area contributed by atoms with Crippen molar-refractivity contribution in [1.82, 2.24) is 19.1 Å². The van der Waals surface area contributed by atoms with Crippen molar-refractivity contribution in [2.24, 2.45) is 0 Å². The highest BCUT2D eigenvalue weighted by Gasteiger charge is 2.56. The van der Waals surface area contributed by atoms with E-state index in [4.69, 9.17) is 14.7 Å². The molecule has 18 rings (SSSR count). The molecule has 5 nitrogen and oxygen atoms in total. The third kappa shape index (κ3) is 5.05. The van der Waals surface area contributed by atoms with Crippen LogP contribution in [0.3, 0.4) is 0 Å². The lowest BCUT2D eigenvalue weighted by Gasteiger charge is -2.40. The van der Waals surface area contributed by atoms with Crippen molar-refractivity contribution in [3.05, 3.63) is 300 Å². The molecule has 0 amide bonds. The molecule has 0 N–H and O–H groups in total. The molecule has 1 aliphatic heterocycles. The SMILES string of the molecule is c1ccc(-n2c3ccccc3c3cccc(-c4ccc5c(c4)c4ccccc4n5-c4cnc5c(c4)C4(c6ccccc6Oc6cc7c(cc64)-c4ccccc4C74c6ccccc6-c6ccccc64)c4cccnc4-5)c32)cc1. The van der Waals surface area contributed by atoms with Crippen molar-refractivity contribution in [2.75, 3.05) is 0 Å². The van der Waals surface area contributed by atoms with E-state index < -0.39 is 10.8 Å². The Balaban J connectivity index is 0.881. The lowest BCUT2D eigenvalue weighted by Crippen LogP contribution is -2.33. The van der Waals surface area contributed by atoms with E-state index >= 15 is 0 Å². The Morgan fingerprint density at radius 1 is 0.312 bits per heavy atom. The first-order valence-electron chi connectivity index (χ1n) is 26.5. The van der Waals surface area contributed by atoms with E-state index in [0.717, 1.165) is 73.1 Å². The van der Waals surface area contributed by atoms with Crippen LogP contribution in [0.5, 0.6) is 11.5 Å². The van der Waals surface area contributed by atoms with E-state index in [0.29, 0.717) is 0 Å². The number of aromatic nitrogens is 4. The molecule has 2 spiro atoms. The minimum absolute atomic E-state index is 0.521. The number of hydrogen-bond acceptors (Lipinski definition) is 3. The summed E-state index contributed by atoms with van der Waals surface area (Å²) in [5.41, 5.74) is 24.0. The maximum Gasteiger partial charge on any atom is 0.132 e. The van der Waals surface area contributed by atoms with Crippen molar-refractivity contribution in [3.8, 4) is 67.6 Å². The number of para-hydroxylation sites is 5. The second-order valence-corrected chi connectivity index (χ2v) is 21.1. The monoisotopic (exact) mass is 978 g/mol. The molecule has 0 bridgehead atoms. The summed E-state index contributed by atoms with van der Waals surface area (Å²) in [5, 5.41) is 4.83. The third-order valence-electron chi connectivity index (χ3n) is 17.7. The van der Waals surface area contributed by atoms with Gasteiger partial charge in [0.2, 0.25) is 0 Å². The Kier molecular flexibility index (Phi) is 7.94. The molecule has 1 unspecified atom stereocenters. The molecule has 356 valence electrons. The molecule has 5 heteroatoms. The molecule has 1 atom stereocenters. The molecule has 3 aliphatic carbocycles. The minimum atomic E-state index is -0.820. The van der Waals surface area contributed by atoms with Crippen LogP contribution in [0.25, 0.3) is 99.8 Å². The van der Waals surface area contributed by atoms with Crippen LogP contribution in [0.4, 0.5) is 0 Å². The standard InChI is InChI=1S/C72H42N4O/c1-2-18-44(19-3-1)76-64-33-14-7-23-50(64)52-26-16-25-46(70(52)76)43-35-36-65-54(38-43)51-24-8-13-32-63(51)75(65)45-39-62-69(74-42-45)68-59(31-17-37-73-68)72(62)58-30-12-15-34-66(58)77-67-41-60-53(40-61(67)72)49-22-6-11-29-57(49)71(60)55-27-9-4-20-47(55)48-21-5-10-28-56(48)71/h1-42H. The van der Waals surface area contributed by atoms with Gasteiger partial charge in [-0.2, -0.15) is 0 Å². The summed E-state index contributed by atoms with van der Waals surface area (Å²) in [6.07, 6.45) is 3.96. The first kappa shape index (κ1) is 41.3. The Morgan fingerprint density at radius 2 is 0.883 bits per heavy atom. The van der Waals surface area contributed by atoms with Gasteiger partial charge < -0.3 is 13.9 Å². The van der Waals surface area contributed by atoms with Gasteiger partial charge in [0.25, 0.3) is 0 Å². The highest BCUT2D eigenvalue weighted by Crippen LogP contribution is 2.67. The fourth-order valence-corrected chi connectivity index (χ4v) is 14.8. The quantitative estimate of drug-likeness (QED) is 0.177. The van der Waals surface area contributed by atoms with Crippen LogP contribution < -0.4 is 4.74 Å². The molecule has 0 fully saturated rings. The number of nitrogens with zero attached hydrogens (tertiary/aromatic N) is 4. The van der Waals surface area contributed by atoms with E-state index in [-0.39, 0.29) is 0 Å². The second-order valence-electron chi connectivity index (χ2n) is 21.1. The number of rotatable bonds is 3. The number of fused-ring (bicyclic) bond motifs is 25. The average Bonchev–Trinajstić information content (AvgIpc) is 4.17. The average molecular weight is 979 g/mol. The zero-order chi connectivity index (χ0) is 50.1. The normalized spacial score (nSPS) is 15.5. The van der Waals surface area contributed by atoms with Crippen LogP contribution in [0.15, 0.2) is 255 Å². The Morgan fingerprint density at radius 3 is 1.65 bits per heavy atom. The van der Waals surface area contributed by atoms with Gasteiger partial charge in [0.1, 0.15) is 11.5 Å². The zero-order valence-electron chi connectivity index (χ0n) is 41.4. The molecular weight excluding hydrogens is 937 g/mol. The molecule has 77 heavy (non-hydrogen) atoms. The highest BCUT2D eigenvalue weighted by atomic mass is 16.5. The largest absolute Gasteiger partial charge is 0.457 e. The predicted octanol–water partition coefficient (Wildman–Crippen LogP) is 17.2. The van der Waals surface area contributed by atoms with Gasteiger partial charge in [0.05, 0.1) is 56.2 Å². The summed E-state index contributed by atoms with van der Waals surface area (Å²) in [4.78, 5) is 10.7. The maximum atomic E-state index is 7.29. The summed E-state index contributed by atoms with van der Waals surface area (Å²) in [6.45, 7) is 0. The van der Waals surface area contributed by atoms with E-state index in [2.05, 4.69) is 258 Å². The van der Waals surface area contributed by atoms with Gasteiger partial charge in [-0.1, -0.05) is 176 Å². The molecule has 0 saturated heterocycles. The van der Waals surface area contributed by atoms with Crippen molar-refractivity contribution < 1.29 is 4.74 Å². The molecular formula is C72H42N4O. The van der Waals surface area contributed by atoms with Crippen LogP contribution in [0.2, 0.25) is 0 Å². The van der Waals surface area contributed by atoms with E-state index in [1.165, 1.54) is 82.6 Å². The van der Waals surface area contributed by atoms with Gasteiger partial charge in [0.15, 0.2) is 0 Å². The molecule has 0 radical (unpaired) electrons. The summed E-state index contributed by atoms with van der Waals surface area (Å²) < 4.78 is 12.1. The van der Waals surface area contributed by atoms with Gasteiger partial charge in [-0.25, -0.2) is 0 Å². The highest BCUT2D eigenvalue weighted by molar-refractivity contribution is 6.16. The minimum Gasteiger partial charge on any atom is -0.457 e. The summed E-state index contributed by atoms with van der Waals surface area (Å²) >= 11 is 0. The third-order valence-corrected chi connectivity index (χ3v) is 17.7. The smallest absolute Gasteiger partial charge is 0.132 e. The first-order chi connectivity index (χ1) is 38.2. The Bertz CT molecular complexity index is 4880. The van der Waals surface area contributed by atoms with Gasteiger partial charge >= 0.3 is 0 Å². The molecule has 5 heterocycles. The summed E-state index contributed by atoms with van der Waals surface area (Å²) in [7, 11) is 0. The molecule has 10 aromatic carbocycles. The van der Waals surface area contributed by atoms with E-state index in [9.17, 15) is 0 Å².